The lowest BCUT2D eigenvalue weighted by molar-refractivity contribution is 0.0171. The Morgan fingerprint density at radius 3 is 2.61 bits per heavy atom. The molecule has 1 saturated heterocycles. The van der Waals surface area contributed by atoms with Crippen LogP contribution in [0, 0.1) is 23.2 Å². The summed E-state index contributed by atoms with van der Waals surface area (Å²) in [4.78, 5) is 4.81. The van der Waals surface area contributed by atoms with E-state index in [1.54, 1.807) is 0 Å². The quantitative estimate of drug-likeness (QED) is 0.463. The molecule has 0 saturated carbocycles. The third-order valence-corrected chi connectivity index (χ3v) is 5.71. The number of ether oxygens (including phenoxy) is 2. The first-order valence-electron chi connectivity index (χ1n) is 8.67. The molecule has 1 heterocycles. The van der Waals surface area contributed by atoms with E-state index >= 15 is 0 Å². The molecular formula is C19H29NO3. The summed E-state index contributed by atoms with van der Waals surface area (Å²) in [6.45, 7) is 8.61. The zero-order valence-electron chi connectivity index (χ0n) is 14.4. The maximum atomic E-state index is 5.99. The van der Waals surface area contributed by atoms with E-state index in [0.29, 0.717) is 23.9 Å². The molecule has 5 atom stereocenters. The molecule has 1 aliphatic heterocycles. The van der Waals surface area contributed by atoms with E-state index in [1.807, 2.05) is 6.08 Å². The van der Waals surface area contributed by atoms with Crippen LogP contribution in [0.5, 0.6) is 0 Å². The van der Waals surface area contributed by atoms with E-state index < -0.39 is 0 Å². The highest BCUT2D eigenvalue weighted by atomic mass is 16.6. The van der Waals surface area contributed by atoms with Crippen molar-refractivity contribution in [1.82, 2.24) is 0 Å². The van der Waals surface area contributed by atoms with Crippen molar-refractivity contribution < 1.29 is 14.3 Å². The van der Waals surface area contributed by atoms with Crippen molar-refractivity contribution in [2.45, 2.75) is 45.8 Å². The predicted octanol–water partition coefficient (Wildman–Crippen LogP) is 3.36. The largest absolute Gasteiger partial charge is 0.412 e. The van der Waals surface area contributed by atoms with Crippen LogP contribution >= 0.6 is 0 Å². The SMILES string of the molecule is CC1CC(C(C)(C)C2C=CC(ON)=CC2)C=CC1OCC1CO1. The molecule has 0 amide bonds. The Morgan fingerprint density at radius 1 is 1.26 bits per heavy atom. The molecule has 4 nitrogen and oxygen atoms in total. The summed E-state index contributed by atoms with van der Waals surface area (Å²) >= 11 is 0. The van der Waals surface area contributed by atoms with Crippen molar-refractivity contribution in [2.24, 2.45) is 29.1 Å². The van der Waals surface area contributed by atoms with Gasteiger partial charge in [0.25, 0.3) is 0 Å². The van der Waals surface area contributed by atoms with E-state index in [1.165, 1.54) is 0 Å². The molecule has 2 N–H and O–H groups in total. The smallest absolute Gasteiger partial charge is 0.142 e. The fraction of sp³-hybridized carbons (Fsp3) is 0.684. The topological polar surface area (TPSA) is 57.0 Å². The molecule has 3 aliphatic rings. The molecule has 0 aromatic rings. The molecule has 4 heteroatoms. The number of nitrogens with two attached hydrogens (primary N) is 1. The zero-order valence-corrected chi connectivity index (χ0v) is 14.4. The number of hydrogen-bond donors (Lipinski definition) is 1. The Balaban J connectivity index is 1.61. The lowest BCUT2D eigenvalue weighted by atomic mass is 9.63. The maximum absolute atomic E-state index is 5.99. The average Bonchev–Trinajstić information content (AvgIpc) is 3.38. The van der Waals surface area contributed by atoms with Crippen molar-refractivity contribution in [3.63, 3.8) is 0 Å². The third kappa shape index (κ3) is 3.87. The molecule has 0 spiro atoms. The van der Waals surface area contributed by atoms with Gasteiger partial charge < -0.3 is 14.3 Å². The molecule has 3 rings (SSSR count). The van der Waals surface area contributed by atoms with Crippen molar-refractivity contribution in [2.75, 3.05) is 13.2 Å². The highest BCUT2D eigenvalue weighted by molar-refractivity contribution is 5.21. The summed E-state index contributed by atoms with van der Waals surface area (Å²) in [7, 11) is 0. The molecular weight excluding hydrogens is 290 g/mol. The third-order valence-electron chi connectivity index (χ3n) is 5.71. The monoisotopic (exact) mass is 319 g/mol. The van der Waals surface area contributed by atoms with Crippen LogP contribution in [0.1, 0.15) is 33.6 Å². The van der Waals surface area contributed by atoms with Gasteiger partial charge in [-0.1, -0.05) is 39.0 Å². The van der Waals surface area contributed by atoms with Gasteiger partial charge in [0.2, 0.25) is 0 Å². The number of allylic oxidation sites excluding steroid dienone is 4. The minimum Gasteiger partial charge on any atom is -0.412 e. The van der Waals surface area contributed by atoms with Crippen LogP contribution in [0.3, 0.4) is 0 Å². The molecule has 0 radical (unpaired) electrons. The maximum Gasteiger partial charge on any atom is 0.142 e. The van der Waals surface area contributed by atoms with Gasteiger partial charge in [-0.15, -0.1) is 0 Å². The van der Waals surface area contributed by atoms with E-state index in [9.17, 15) is 0 Å². The van der Waals surface area contributed by atoms with Crippen LogP contribution < -0.4 is 5.90 Å². The van der Waals surface area contributed by atoms with Crippen LogP contribution in [-0.4, -0.2) is 25.4 Å². The van der Waals surface area contributed by atoms with Crippen LogP contribution in [-0.2, 0) is 14.3 Å². The second-order valence-electron chi connectivity index (χ2n) is 7.70. The van der Waals surface area contributed by atoms with Crippen LogP contribution in [0.4, 0.5) is 0 Å². The van der Waals surface area contributed by atoms with Gasteiger partial charge in [-0.25, -0.2) is 0 Å². The van der Waals surface area contributed by atoms with Crippen molar-refractivity contribution in [3.05, 3.63) is 36.1 Å². The summed E-state index contributed by atoms with van der Waals surface area (Å²) in [6, 6.07) is 0. The van der Waals surface area contributed by atoms with E-state index in [-0.39, 0.29) is 11.5 Å². The summed E-state index contributed by atoms with van der Waals surface area (Å²) in [5, 5.41) is 0. The Labute approximate surface area is 139 Å². The Kier molecular flexibility index (Phi) is 4.95. The molecule has 1 fully saturated rings. The lowest BCUT2D eigenvalue weighted by Crippen LogP contribution is -2.37. The fourth-order valence-electron chi connectivity index (χ4n) is 3.72. The Hall–Kier alpha value is -1.10. The highest BCUT2D eigenvalue weighted by Gasteiger charge is 2.38. The van der Waals surface area contributed by atoms with E-state index in [2.05, 4.69) is 45.1 Å². The van der Waals surface area contributed by atoms with Crippen molar-refractivity contribution in [1.29, 1.82) is 0 Å². The fourth-order valence-corrected chi connectivity index (χ4v) is 3.72. The van der Waals surface area contributed by atoms with Crippen molar-refractivity contribution >= 4 is 0 Å². The van der Waals surface area contributed by atoms with E-state index in [0.717, 1.165) is 31.8 Å². The van der Waals surface area contributed by atoms with Crippen LogP contribution in [0.25, 0.3) is 0 Å². The molecule has 0 aromatic heterocycles. The summed E-state index contributed by atoms with van der Waals surface area (Å²) in [6.07, 6.45) is 13.7. The number of epoxide rings is 1. The molecule has 2 aliphatic carbocycles. The number of rotatable bonds is 6. The summed E-state index contributed by atoms with van der Waals surface area (Å²) in [5.74, 6) is 7.59. The minimum atomic E-state index is 0.197. The normalized spacial score (nSPS) is 36.7. The van der Waals surface area contributed by atoms with Gasteiger partial charge in [0, 0.05) is 0 Å². The first kappa shape index (κ1) is 16.7. The second kappa shape index (κ2) is 6.80. The summed E-state index contributed by atoms with van der Waals surface area (Å²) in [5.41, 5.74) is 0.197. The van der Waals surface area contributed by atoms with Gasteiger partial charge in [0.1, 0.15) is 11.9 Å². The van der Waals surface area contributed by atoms with Gasteiger partial charge in [-0.2, -0.15) is 5.90 Å². The minimum absolute atomic E-state index is 0.197. The van der Waals surface area contributed by atoms with Gasteiger partial charge in [-0.3, -0.25) is 0 Å². The lowest BCUT2D eigenvalue weighted by Gasteiger charge is -2.43. The van der Waals surface area contributed by atoms with Crippen molar-refractivity contribution in [3.8, 4) is 0 Å². The molecule has 0 aromatic carbocycles. The number of hydrogen-bond acceptors (Lipinski definition) is 4. The summed E-state index contributed by atoms with van der Waals surface area (Å²) < 4.78 is 11.2. The molecule has 128 valence electrons. The Morgan fingerprint density at radius 2 is 2.04 bits per heavy atom. The average molecular weight is 319 g/mol. The zero-order chi connectivity index (χ0) is 16.4. The first-order valence-corrected chi connectivity index (χ1v) is 8.67. The van der Waals surface area contributed by atoms with Gasteiger partial charge in [-0.05, 0) is 48.2 Å². The second-order valence-corrected chi connectivity index (χ2v) is 7.70. The first-order chi connectivity index (χ1) is 11.0. The van der Waals surface area contributed by atoms with Gasteiger partial charge in [0.15, 0.2) is 0 Å². The van der Waals surface area contributed by atoms with Crippen LogP contribution in [0.15, 0.2) is 36.1 Å². The Bertz CT molecular complexity index is 505. The highest BCUT2D eigenvalue weighted by Crippen LogP contribution is 2.45. The molecule has 23 heavy (non-hydrogen) atoms. The molecule has 5 unspecified atom stereocenters. The van der Waals surface area contributed by atoms with Gasteiger partial charge >= 0.3 is 0 Å². The van der Waals surface area contributed by atoms with E-state index in [4.69, 9.17) is 20.2 Å². The predicted molar refractivity (Wildman–Crippen MR) is 90.3 cm³/mol. The standard InChI is InChI=1S/C19H29NO3/c1-13-10-15(6-9-18(13)22-12-17-11-21-17)19(2,3)14-4-7-16(23-20)8-5-14/h4,6-9,13-15,17-18H,5,10-12,20H2,1-3H3. The van der Waals surface area contributed by atoms with Crippen LogP contribution in [0.2, 0.25) is 0 Å². The van der Waals surface area contributed by atoms with Gasteiger partial charge in [0.05, 0.1) is 19.3 Å². The molecule has 0 bridgehead atoms.